The minimum atomic E-state index is 0.0485. The van der Waals surface area contributed by atoms with Crippen molar-refractivity contribution in [1.82, 2.24) is 0 Å². The molecule has 2 N–H and O–H groups in total. The molecule has 4 nitrogen and oxygen atoms in total. The number of amides is 1. The number of carbonyl (C=O) groups excluding carboxylic acids is 2. The second-order valence-corrected chi connectivity index (χ2v) is 5.49. The van der Waals surface area contributed by atoms with Gasteiger partial charge in [-0.2, -0.15) is 0 Å². The third-order valence-electron chi connectivity index (χ3n) is 3.51. The molecular weight excluding hydrogens is 288 g/mol. The van der Waals surface area contributed by atoms with Gasteiger partial charge in [0.1, 0.15) is 0 Å². The summed E-state index contributed by atoms with van der Waals surface area (Å²) in [5.74, 6) is 0.104. The highest BCUT2D eigenvalue weighted by Crippen LogP contribution is 2.19. The van der Waals surface area contributed by atoms with E-state index in [0.29, 0.717) is 12.0 Å². The lowest BCUT2D eigenvalue weighted by atomic mass is 10.1. The van der Waals surface area contributed by atoms with Crippen LogP contribution in [0.25, 0.3) is 0 Å². The first-order chi connectivity index (χ1) is 11.1. The lowest BCUT2D eigenvalue weighted by Crippen LogP contribution is -2.10. The Bertz CT molecular complexity index is 661. The summed E-state index contributed by atoms with van der Waals surface area (Å²) in [5.41, 5.74) is 3.33. The molecule has 0 spiro atoms. The molecule has 4 heteroatoms. The molecule has 23 heavy (non-hydrogen) atoms. The number of nitrogens with one attached hydrogen (secondary N) is 2. The van der Waals surface area contributed by atoms with E-state index in [1.807, 2.05) is 36.4 Å². The van der Waals surface area contributed by atoms with Crippen LogP contribution in [-0.2, 0) is 4.79 Å². The molecule has 0 aliphatic heterocycles. The van der Waals surface area contributed by atoms with Crippen molar-refractivity contribution in [3.63, 3.8) is 0 Å². The highest BCUT2D eigenvalue weighted by atomic mass is 16.1. The number of Topliss-reactive ketones (excluding diaryl/α,β-unsaturated/α-hetero) is 1. The highest BCUT2D eigenvalue weighted by Gasteiger charge is 2.02. The van der Waals surface area contributed by atoms with Crippen molar-refractivity contribution < 1.29 is 9.59 Å². The molecule has 2 aromatic rings. The molecule has 0 fully saturated rings. The maximum atomic E-state index is 11.7. The van der Waals surface area contributed by atoms with Crippen molar-refractivity contribution in [1.29, 1.82) is 0 Å². The van der Waals surface area contributed by atoms with Gasteiger partial charge in [0.25, 0.3) is 0 Å². The van der Waals surface area contributed by atoms with Gasteiger partial charge in [0.15, 0.2) is 5.78 Å². The van der Waals surface area contributed by atoms with Gasteiger partial charge >= 0.3 is 0 Å². The fourth-order valence-corrected chi connectivity index (χ4v) is 2.15. The predicted octanol–water partition coefficient (Wildman–Crippen LogP) is 4.76. The average Bonchev–Trinajstić information content (AvgIpc) is 2.55. The van der Waals surface area contributed by atoms with E-state index < -0.39 is 0 Å². The lowest BCUT2D eigenvalue weighted by Gasteiger charge is -2.09. The van der Waals surface area contributed by atoms with Crippen LogP contribution in [-0.4, -0.2) is 11.7 Å². The second kappa shape index (κ2) is 8.13. The molecule has 0 saturated carbocycles. The molecule has 0 unspecified atom stereocenters. The fourth-order valence-electron chi connectivity index (χ4n) is 2.15. The lowest BCUT2D eigenvalue weighted by molar-refractivity contribution is -0.116. The molecule has 2 rings (SSSR count). The van der Waals surface area contributed by atoms with E-state index >= 15 is 0 Å². The first-order valence-electron chi connectivity index (χ1n) is 7.86. The zero-order chi connectivity index (χ0) is 16.7. The van der Waals surface area contributed by atoms with E-state index in [-0.39, 0.29) is 11.7 Å². The number of anilines is 3. The molecule has 0 aliphatic carbocycles. The van der Waals surface area contributed by atoms with Crippen LogP contribution < -0.4 is 10.6 Å². The number of unbranched alkanes of at least 4 members (excludes halogenated alkanes) is 1. The van der Waals surface area contributed by atoms with Gasteiger partial charge in [0.05, 0.1) is 0 Å². The smallest absolute Gasteiger partial charge is 0.224 e. The van der Waals surface area contributed by atoms with Crippen LogP contribution >= 0.6 is 0 Å². The molecule has 0 aliphatic rings. The molecule has 0 heterocycles. The molecule has 0 aromatic heterocycles. The Morgan fingerprint density at radius 1 is 0.870 bits per heavy atom. The molecular formula is C19H22N2O2. The van der Waals surface area contributed by atoms with Crippen molar-refractivity contribution in [2.75, 3.05) is 10.6 Å². The third kappa shape index (κ3) is 5.25. The van der Waals surface area contributed by atoms with E-state index in [4.69, 9.17) is 0 Å². The van der Waals surface area contributed by atoms with E-state index in [0.717, 1.165) is 29.9 Å². The molecule has 0 atom stereocenters. The quantitative estimate of drug-likeness (QED) is 0.725. The zero-order valence-corrected chi connectivity index (χ0v) is 13.6. The Hall–Kier alpha value is -2.62. The average molecular weight is 310 g/mol. The summed E-state index contributed by atoms with van der Waals surface area (Å²) in [7, 11) is 0. The van der Waals surface area contributed by atoms with Gasteiger partial charge < -0.3 is 10.6 Å². The monoisotopic (exact) mass is 310 g/mol. The first kappa shape index (κ1) is 16.7. The van der Waals surface area contributed by atoms with Crippen LogP contribution in [0.4, 0.5) is 17.1 Å². The topological polar surface area (TPSA) is 58.2 Å². The number of hydrogen-bond donors (Lipinski definition) is 2. The van der Waals surface area contributed by atoms with E-state index in [9.17, 15) is 9.59 Å². The van der Waals surface area contributed by atoms with Gasteiger partial charge in [-0.1, -0.05) is 13.3 Å². The molecule has 0 radical (unpaired) electrons. The maximum absolute atomic E-state index is 11.7. The van der Waals surface area contributed by atoms with Crippen LogP contribution in [0.3, 0.4) is 0 Å². The van der Waals surface area contributed by atoms with Crippen molar-refractivity contribution in [3.8, 4) is 0 Å². The van der Waals surface area contributed by atoms with Gasteiger partial charge in [-0.05, 0) is 61.9 Å². The minimum Gasteiger partial charge on any atom is -0.356 e. The van der Waals surface area contributed by atoms with Crippen molar-refractivity contribution in [2.24, 2.45) is 0 Å². The van der Waals surface area contributed by atoms with Crippen LogP contribution in [0.1, 0.15) is 43.5 Å². The summed E-state index contributed by atoms with van der Waals surface area (Å²) in [4.78, 5) is 22.9. The third-order valence-corrected chi connectivity index (χ3v) is 3.51. The summed E-state index contributed by atoms with van der Waals surface area (Å²) in [6.45, 7) is 3.62. The van der Waals surface area contributed by atoms with Crippen molar-refractivity contribution in [3.05, 3.63) is 54.1 Å². The summed E-state index contributed by atoms with van der Waals surface area (Å²) in [5, 5.41) is 6.14. The summed E-state index contributed by atoms with van der Waals surface area (Å²) in [6.07, 6.45) is 2.47. The number of hydrogen-bond acceptors (Lipinski definition) is 3. The van der Waals surface area contributed by atoms with Gasteiger partial charge in [-0.25, -0.2) is 0 Å². The maximum Gasteiger partial charge on any atom is 0.224 e. The normalized spacial score (nSPS) is 10.2. The standard InChI is InChI=1S/C19H22N2O2/c1-3-4-5-19(23)21-18-12-10-17(11-13-18)20-16-8-6-15(7-9-16)14(2)22/h6-13,20H,3-5H2,1-2H3,(H,21,23). The number of ketones is 1. The largest absolute Gasteiger partial charge is 0.356 e. The predicted molar refractivity (Wildman–Crippen MR) is 94.3 cm³/mol. The Kier molecular flexibility index (Phi) is 5.92. The Balaban J connectivity index is 1.94. The van der Waals surface area contributed by atoms with Crippen molar-refractivity contribution >= 4 is 28.8 Å². The molecule has 0 bridgehead atoms. The van der Waals surface area contributed by atoms with Gasteiger partial charge in [0, 0.05) is 29.0 Å². The zero-order valence-electron chi connectivity index (χ0n) is 13.6. The second-order valence-electron chi connectivity index (χ2n) is 5.49. The number of carbonyl (C=O) groups is 2. The van der Waals surface area contributed by atoms with Gasteiger partial charge in [-0.3, -0.25) is 9.59 Å². The Labute approximate surface area is 136 Å². The Morgan fingerprint density at radius 3 is 1.91 bits per heavy atom. The van der Waals surface area contributed by atoms with Gasteiger partial charge in [0.2, 0.25) is 5.91 Å². The van der Waals surface area contributed by atoms with Crippen LogP contribution in [0, 0.1) is 0 Å². The van der Waals surface area contributed by atoms with Crippen LogP contribution in [0.2, 0.25) is 0 Å². The van der Waals surface area contributed by atoms with Crippen LogP contribution in [0.5, 0.6) is 0 Å². The van der Waals surface area contributed by atoms with E-state index in [1.54, 1.807) is 19.1 Å². The highest BCUT2D eigenvalue weighted by molar-refractivity contribution is 5.94. The Morgan fingerprint density at radius 2 is 1.39 bits per heavy atom. The molecule has 1 amide bonds. The van der Waals surface area contributed by atoms with Crippen LogP contribution in [0.15, 0.2) is 48.5 Å². The summed E-state index contributed by atoms with van der Waals surface area (Å²) >= 11 is 0. The molecule has 0 saturated heterocycles. The van der Waals surface area contributed by atoms with E-state index in [1.165, 1.54) is 0 Å². The summed E-state index contributed by atoms with van der Waals surface area (Å²) in [6, 6.07) is 14.9. The SMILES string of the molecule is CCCCC(=O)Nc1ccc(Nc2ccc(C(C)=O)cc2)cc1. The van der Waals surface area contributed by atoms with E-state index in [2.05, 4.69) is 17.6 Å². The number of rotatable bonds is 7. The minimum absolute atomic E-state index is 0.0485. The summed E-state index contributed by atoms with van der Waals surface area (Å²) < 4.78 is 0. The number of benzene rings is 2. The molecule has 120 valence electrons. The molecule has 2 aromatic carbocycles. The first-order valence-corrected chi connectivity index (χ1v) is 7.86. The van der Waals surface area contributed by atoms with Crippen molar-refractivity contribution in [2.45, 2.75) is 33.1 Å². The van der Waals surface area contributed by atoms with Gasteiger partial charge in [-0.15, -0.1) is 0 Å². The fraction of sp³-hybridized carbons (Fsp3) is 0.263.